The summed E-state index contributed by atoms with van der Waals surface area (Å²) in [7, 11) is 0. The smallest absolute Gasteiger partial charge is 0.0000888 e. The minimum atomic E-state index is 1.01. The van der Waals surface area contributed by atoms with Crippen LogP contribution in [0.25, 0.3) is 54.2 Å². The van der Waals surface area contributed by atoms with Gasteiger partial charge < -0.3 is 0 Å². The molecular weight excluding hydrogens is 348 g/mol. The van der Waals surface area contributed by atoms with Crippen molar-refractivity contribution >= 4 is 43.1 Å². The molecule has 0 N–H and O–H groups in total. The Labute approximate surface area is 169 Å². The Balaban J connectivity index is 1.58. The van der Waals surface area contributed by atoms with Gasteiger partial charge in [-0.3, -0.25) is 0 Å². The van der Waals surface area contributed by atoms with Crippen molar-refractivity contribution in [1.82, 2.24) is 0 Å². The highest BCUT2D eigenvalue weighted by Gasteiger charge is 2.23. The molecule has 29 heavy (non-hydrogen) atoms. The number of rotatable bonds is 0. The first-order valence-corrected chi connectivity index (χ1v) is 10.2. The second kappa shape index (κ2) is 5.46. The molecule has 134 valence electrons. The molecule has 1 aliphatic carbocycles. The summed E-state index contributed by atoms with van der Waals surface area (Å²) >= 11 is 0. The molecule has 0 aliphatic heterocycles. The Hall–Kier alpha value is -3.64. The summed E-state index contributed by atoms with van der Waals surface area (Å²) in [5.74, 6) is 0. The van der Waals surface area contributed by atoms with Gasteiger partial charge in [-0.1, -0.05) is 84.9 Å². The summed E-state index contributed by atoms with van der Waals surface area (Å²) in [5.41, 5.74) is 5.76. The fourth-order valence-electron chi connectivity index (χ4n) is 5.30. The van der Waals surface area contributed by atoms with Crippen LogP contribution in [-0.4, -0.2) is 0 Å². The van der Waals surface area contributed by atoms with Crippen LogP contribution in [0, 0.1) is 0 Å². The molecule has 0 radical (unpaired) electrons. The molecule has 0 unspecified atom stereocenters. The summed E-state index contributed by atoms with van der Waals surface area (Å²) in [6.45, 7) is 0. The highest BCUT2D eigenvalue weighted by atomic mass is 14.3. The van der Waals surface area contributed by atoms with Crippen LogP contribution in [0.2, 0.25) is 0 Å². The lowest BCUT2D eigenvalue weighted by Crippen LogP contribution is -1.87. The van der Waals surface area contributed by atoms with Gasteiger partial charge in [0.15, 0.2) is 0 Å². The fraction of sp³-hybridized carbons (Fsp3) is 0.0345. The molecule has 0 heterocycles. The van der Waals surface area contributed by atoms with E-state index in [1.807, 2.05) is 0 Å². The van der Waals surface area contributed by atoms with Crippen molar-refractivity contribution in [3.63, 3.8) is 0 Å². The molecule has 0 fully saturated rings. The lowest BCUT2D eigenvalue weighted by atomic mass is 9.94. The van der Waals surface area contributed by atoms with E-state index in [1.165, 1.54) is 65.3 Å². The summed E-state index contributed by atoms with van der Waals surface area (Å²) < 4.78 is 0. The van der Waals surface area contributed by atoms with Crippen LogP contribution in [0.1, 0.15) is 11.1 Å². The standard InChI is InChI=1S/C29H18/c1-2-7-21-16-26-22(15-20(21)6-1)12-14-24-25-13-11-19-10-9-18-5-3-4-8-23(18)29(19)28(25)17-27(24)26/h1-16H,17H2. The van der Waals surface area contributed by atoms with Crippen LogP contribution in [0.3, 0.4) is 0 Å². The lowest BCUT2D eigenvalue weighted by Gasteiger charge is -2.09. The van der Waals surface area contributed by atoms with Crippen molar-refractivity contribution in [3.8, 4) is 11.1 Å². The molecule has 0 aromatic heterocycles. The van der Waals surface area contributed by atoms with Gasteiger partial charge in [-0.05, 0) is 83.9 Å². The molecule has 0 nitrogen and oxygen atoms in total. The van der Waals surface area contributed by atoms with Gasteiger partial charge in [0, 0.05) is 0 Å². The van der Waals surface area contributed by atoms with Crippen LogP contribution < -0.4 is 0 Å². The lowest BCUT2D eigenvalue weighted by molar-refractivity contribution is 1.31. The third-order valence-electron chi connectivity index (χ3n) is 6.66. The van der Waals surface area contributed by atoms with E-state index in [1.54, 1.807) is 0 Å². The average molecular weight is 366 g/mol. The second-order valence-corrected chi connectivity index (χ2v) is 8.17. The van der Waals surface area contributed by atoms with Gasteiger partial charge in [-0.15, -0.1) is 0 Å². The monoisotopic (exact) mass is 366 g/mol. The maximum absolute atomic E-state index is 2.38. The predicted octanol–water partition coefficient (Wildman–Crippen LogP) is 7.87. The normalized spacial score (nSPS) is 12.7. The van der Waals surface area contributed by atoms with Gasteiger partial charge in [0.1, 0.15) is 0 Å². The maximum Gasteiger partial charge on any atom is -0.0000888 e. The molecular formula is C29H18. The Kier molecular flexibility index (Phi) is 2.88. The van der Waals surface area contributed by atoms with E-state index in [0.29, 0.717) is 0 Å². The number of benzene rings is 6. The van der Waals surface area contributed by atoms with Crippen molar-refractivity contribution in [2.24, 2.45) is 0 Å². The maximum atomic E-state index is 2.38. The highest BCUT2D eigenvalue weighted by Crippen LogP contribution is 2.45. The van der Waals surface area contributed by atoms with E-state index in [0.717, 1.165) is 6.42 Å². The summed E-state index contributed by atoms with van der Waals surface area (Å²) in [6.07, 6.45) is 1.01. The number of hydrogen-bond donors (Lipinski definition) is 0. The van der Waals surface area contributed by atoms with Gasteiger partial charge in [0.05, 0.1) is 0 Å². The predicted molar refractivity (Wildman–Crippen MR) is 125 cm³/mol. The summed E-state index contributed by atoms with van der Waals surface area (Å²) in [6, 6.07) is 35.9. The van der Waals surface area contributed by atoms with E-state index in [9.17, 15) is 0 Å². The van der Waals surface area contributed by atoms with Crippen molar-refractivity contribution in [2.75, 3.05) is 0 Å². The van der Waals surface area contributed by atoms with Crippen molar-refractivity contribution < 1.29 is 0 Å². The first-order valence-electron chi connectivity index (χ1n) is 10.2. The van der Waals surface area contributed by atoms with Crippen molar-refractivity contribution in [1.29, 1.82) is 0 Å². The number of hydrogen-bond acceptors (Lipinski definition) is 0. The quantitative estimate of drug-likeness (QED) is 0.189. The fourth-order valence-corrected chi connectivity index (χ4v) is 5.30. The minimum absolute atomic E-state index is 1.01. The Morgan fingerprint density at radius 3 is 1.90 bits per heavy atom. The molecule has 0 saturated heterocycles. The highest BCUT2D eigenvalue weighted by molar-refractivity contribution is 6.13. The molecule has 6 aromatic rings. The summed E-state index contributed by atoms with van der Waals surface area (Å²) in [4.78, 5) is 0. The average Bonchev–Trinajstić information content (AvgIpc) is 3.16. The van der Waals surface area contributed by atoms with Crippen LogP contribution in [0.4, 0.5) is 0 Å². The molecule has 0 amide bonds. The third kappa shape index (κ3) is 2.04. The van der Waals surface area contributed by atoms with E-state index < -0.39 is 0 Å². The Bertz CT molecular complexity index is 1620. The van der Waals surface area contributed by atoms with E-state index >= 15 is 0 Å². The van der Waals surface area contributed by atoms with Gasteiger partial charge >= 0.3 is 0 Å². The van der Waals surface area contributed by atoms with Crippen LogP contribution in [0.5, 0.6) is 0 Å². The van der Waals surface area contributed by atoms with E-state index in [2.05, 4.69) is 97.1 Å². The Morgan fingerprint density at radius 2 is 1.03 bits per heavy atom. The van der Waals surface area contributed by atoms with Crippen molar-refractivity contribution in [2.45, 2.75) is 6.42 Å². The van der Waals surface area contributed by atoms with Gasteiger partial charge in [-0.25, -0.2) is 0 Å². The molecule has 7 rings (SSSR count). The molecule has 0 atom stereocenters. The SMILES string of the molecule is c1ccc2cc3c4c(ccc3cc2c1)-c1ccc2ccc3ccccc3c2c1C4. The minimum Gasteiger partial charge on any atom is -0.0616 e. The molecule has 1 aliphatic rings. The van der Waals surface area contributed by atoms with Gasteiger partial charge in [0.2, 0.25) is 0 Å². The van der Waals surface area contributed by atoms with Crippen LogP contribution in [-0.2, 0) is 6.42 Å². The topological polar surface area (TPSA) is 0 Å². The first kappa shape index (κ1) is 15.3. The van der Waals surface area contributed by atoms with Crippen LogP contribution in [0.15, 0.2) is 97.1 Å². The molecule has 0 heteroatoms. The zero-order valence-electron chi connectivity index (χ0n) is 15.9. The summed E-state index contributed by atoms with van der Waals surface area (Å²) in [5, 5.41) is 10.8. The molecule has 0 saturated carbocycles. The zero-order valence-corrected chi connectivity index (χ0v) is 15.9. The van der Waals surface area contributed by atoms with Crippen molar-refractivity contribution in [3.05, 3.63) is 108 Å². The molecule has 6 aromatic carbocycles. The van der Waals surface area contributed by atoms with Crippen LogP contribution >= 0.6 is 0 Å². The Morgan fingerprint density at radius 1 is 0.414 bits per heavy atom. The first-order chi connectivity index (χ1) is 14.4. The zero-order chi connectivity index (χ0) is 18.9. The van der Waals surface area contributed by atoms with Gasteiger partial charge in [-0.2, -0.15) is 0 Å². The largest absolute Gasteiger partial charge is 0.0616 e. The number of fused-ring (bicyclic) bond motifs is 10. The van der Waals surface area contributed by atoms with E-state index in [4.69, 9.17) is 0 Å². The molecule has 0 spiro atoms. The molecule has 0 bridgehead atoms. The third-order valence-corrected chi connectivity index (χ3v) is 6.66. The van der Waals surface area contributed by atoms with E-state index in [-0.39, 0.29) is 0 Å². The van der Waals surface area contributed by atoms with Gasteiger partial charge in [0.25, 0.3) is 0 Å². The second-order valence-electron chi connectivity index (χ2n) is 8.17.